The van der Waals surface area contributed by atoms with Crippen molar-refractivity contribution < 1.29 is 9.59 Å². The number of aromatic nitrogens is 1. The number of amides is 2. The average Bonchev–Trinajstić information content (AvgIpc) is 3.16. The van der Waals surface area contributed by atoms with E-state index in [9.17, 15) is 9.59 Å². The van der Waals surface area contributed by atoms with Crippen molar-refractivity contribution in [1.29, 1.82) is 0 Å². The third-order valence-corrected chi connectivity index (χ3v) is 5.12. The molecule has 2 aliphatic heterocycles. The van der Waals surface area contributed by atoms with Gasteiger partial charge in [0.15, 0.2) is 0 Å². The first-order valence-electron chi connectivity index (χ1n) is 9.35. The number of nitrogens with one attached hydrogen (secondary N) is 1. The zero-order valence-corrected chi connectivity index (χ0v) is 15.2. The van der Waals surface area contributed by atoms with Crippen LogP contribution in [0.4, 0.5) is 11.5 Å². The van der Waals surface area contributed by atoms with Gasteiger partial charge in [-0.1, -0.05) is 13.8 Å². The summed E-state index contributed by atoms with van der Waals surface area (Å²) in [5, 5.41) is 2.97. The van der Waals surface area contributed by atoms with Crippen LogP contribution in [0, 0.1) is 11.8 Å². The minimum atomic E-state index is -0.0329. The van der Waals surface area contributed by atoms with E-state index in [2.05, 4.69) is 15.2 Å². The van der Waals surface area contributed by atoms with Crippen molar-refractivity contribution in [2.45, 2.75) is 39.5 Å². The van der Waals surface area contributed by atoms with Gasteiger partial charge in [-0.3, -0.25) is 9.59 Å². The van der Waals surface area contributed by atoms with Gasteiger partial charge in [0.25, 0.3) is 0 Å². The second kappa shape index (κ2) is 7.85. The molecule has 0 saturated carbocycles. The largest absolute Gasteiger partial charge is 0.357 e. The Kier molecular flexibility index (Phi) is 5.56. The Morgan fingerprint density at radius 2 is 1.80 bits per heavy atom. The van der Waals surface area contributed by atoms with Crippen molar-refractivity contribution >= 4 is 23.3 Å². The van der Waals surface area contributed by atoms with Crippen LogP contribution < -0.4 is 10.2 Å². The number of hydrogen-bond donors (Lipinski definition) is 1. The first-order valence-corrected chi connectivity index (χ1v) is 9.35. The van der Waals surface area contributed by atoms with E-state index < -0.39 is 0 Å². The molecule has 0 aromatic carbocycles. The van der Waals surface area contributed by atoms with Crippen LogP contribution in [0.5, 0.6) is 0 Å². The lowest BCUT2D eigenvalue weighted by molar-refractivity contribution is -0.137. The molecule has 2 fully saturated rings. The van der Waals surface area contributed by atoms with Gasteiger partial charge in [0.1, 0.15) is 5.82 Å². The van der Waals surface area contributed by atoms with Gasteiger partial charge in [-0.05, 0) is 37.8 Å². The summed E-state index contributed by atoms with van der Waals surface area (Å²) in [5.74, 6) is 1.18. The van der Waals surface area contributed by atoms with Crippen LogP contribution in [0.1, 0.15) is 39.5 Å². The maximum Gasteiger partial charge on any atom is 0.227 e. The molecule has 0 unspecified atom stereocenters. The molecule has 136 valence electrons. The molecule has 25 heavy (non-hydrogen) atoms. The Bertz CT molecular complexity index is 600. The van der Waals surface area contributed by atoms with Gasteiger partial charge >= 0.3 is 0 Å². The van der Waals surface area contributed by atoms with Gasteiger partial charge in [-0.15, -0.1) is 0 Å². The summed E-state index contributed by atoms with van der Waals surface area (Å²) in [6.07, 6.45) is 5.63. The quantitative estimate of drug-likeness (QED) is 0.911. The molecule has 0 bridgehead atoms. The van der Waals surface area contributed by atoms with Crippen LogP contribution in [0.3, 0.4) is 0 Å². The smallest absolute Gasteiger partial charge is 0.227 e. The molecular weight excluding hydrogens is 316 g/mol. The van der Waals surface area contributed by atoms with Crippen molar-refractivity contribution in [3.63, 3.8) is 0 Å². The van der Waals surface area contributed by atoms with Crippen molar-refractivity contribution in [2.24, 2.45) is 11.8 Å². The summed E-state index contributed by atoms with van der Waals surface area (Å²) in [6.45, 7) is 7.29. The molecule has 6 nitrogen and oxygen atoms in total. The summed E-state index contributed by atoms with van der Waals surface area (Å²) in [5.41, 5.74) is 0.744. The topological polar surface area (TPSA) is 65.5 Å². The average molecular weight is 344 g/mol. The molecule has 3 rings (SSSR count). The summed E-state index contributed by atoms with van der Waals surface area (Å²) >= 11 is 0. The molecular formula is C19H28N4O2. The lowest BCUT2D eigenvalue weighted by atomic mass is 9.95. The monoisotopic (exact) mass is 344 g/mol. The van der Waals surface area contributed by atoms with Gasteiger partial charge < -0.3 is 15.1 Å². The number of hydrogen-bond acceptors (Lipinski definition) is 4. The molecule has 0 atom stereocenters. The standard InChI is InChI=1S/C19H28N4O2/c1-14(2)19(25)23-11-7-15(8-12-23)18(24)21-16-5-6-17(20-13-16)22-9-3-4-10-22/h5-6,13-15H,3-4,7-12H2,1-2H3,(H,21,24). The first kappa shape index (κ1) is 17.7. The second-order valence-corrected chi connectivity index (χ2v) is 7.34. The second-order valence-electron chi connectivity index (χ2n) is 7.34. The summed E-state index contributed by atoms with van der Waals surface area (Å²) in [4.78, 5) is 33.1. The molecule has 2 aliphatic rings. The van der Waals surface area contributed by atoms with E-state index in [4.69, 9.17) is 0 Å². The van der Waals surface area contributed by atoms with Crippen molar-refractivity contribution in [2.75, 3.05) is 36.4 Å². The van der Waals surface area contributed by atoms with E-state index >= 15 is 0 Å². The molecule has 2 amide bonds. The third-order valence-electron chi connectivity index (χ3n) is 5.12. The van der Waals surface area contributed by atoms with E-state index in [0.29, 0.717) is 13.1 Å². The Morgan fingerprint density at radius 1 is 1.12 bits per heavy atom. The normalized spacial score (nSPS) is 18.7. The molecule has 6 heteroatoms. The summed E-state index contributed by atoms with van der Waals surface area (Å²) < 4.78 is 0. The molecule has 0 spiro atoms. The fourth-order valence-electron chi connectivity index (χ4n) is 3.56. The highest BCUT2D eigenvalue weighted by molar-refractivity contribution is 5.92. The molecule has 1 N–H and O–H groups in total. The number of likely N-dealkylation sites (tertiary alicyclic amines) is 1. The van der Waals surface area contributed by atoms with Crippen LogP contribution in [0.15, 0.2) is 18.3 Å². The Hall–Kier alpha value is -2.11. The maximum atomic E-state index is 12.5. The molecule has 0 radical (unpaired) electrons. The fourth-order valence-corrected chi connectivity index (χ4v) is 3.56. The lowest BCUT2D eigenvalue weighted by Crippen LogP contribution is -2.43. The third kappa shape index (κ3) is 4.30. The van der Waals surface area contributed by atoms with Crippen molar-refractivity contribution in [3.8, 4) is 0 Å². The predicted octanol–water partition coefficient (Wildman–Crippen LogP) is 2.51. The number of nitrogens with zero attached hydrogens (tertiary/aromatic N) is 3. The summed E-state index contributed by atoms with van der Waals surface area (Å²) in [7, 11) is 0. The highest BCUT2D eigenvalue weighted by Gasteiger charge is 2.28. The van der Waals surface area contributed by atoms with Crippen LogP contribution in [-0.2, 0) is 9.59 Å². The van der Waals surface area contributed by atoms with Crippen LogP contribution in [-0.4, -0.2) is 47.9 Å². The number of pyridine rings is 1. The van der Waals surface area contributed by atoms with E-state index in [0.717, 1.165) is 37.4 Å². The number of carbonyl (C=O) groups is 2. The van der Waals surface area contributed by atoms with Crippen molar-refractivity contribution in [1.82, 2.24) is 9.88 Å². The van der Waals surface area contributed by atoms with E-state index in [1.807, 2.05) is 30.9 Å². The van der Waals surface area contributed by atoms with Gasteiger partial charge in [0.05, 0.1) is 11.9 Å². The molecule has 1 aromatic heterocycles. The molecule has 1 aromatic rings. The zero-order valence-electron chi connectivity index (χ0n) is 15.2. The Morgan fingerprint density at radius 3 is 2.36 bits per heavy atom. The SMILES string of the molecule is CC(C)C(=O)N1CCC(C(=O)Nc2ccc(N3CCCC3)nc2)CC1. The highest BCUT2D eigenvalue weighted by atomic mass is 16.2. The van der Waals surface area contributed by atoms with Gasteiger partial charge in [0, 0.05) is 38.0 Å². The van der Waals surface area contributed by atoms with Crippen molar-refractivity contribution in [3.05, 3.63) is 18.3 Å². The number of rotatable bonds is 4. The van der Waals surface area contributed by atoms with Crippen LogP contribution in [0.25, 0.3) is 0 Å². The highest BCUT2D eigenvalue weighted by Crippen LogP contribution is 2.22. The number of piperidine rings is 1. The fraction of sp³-hybridized carbons (Fsp3) is 0.632. The minimum absolute atomic E-state index is 0.0190. The Balaban J connectivity index is 1.50. The van der Waals surface area contributed by atoms with E-state index in [1.165, 1.54) is 12.8 Å². The maximum absolute atomic E-state index is 12.5. The molecule has 0 aliphatic carbocycles. The summed E-state index contributed by atoms with van der Waals surface area (Å²) in [6, 6.07) is 3.90. The number of carbonyl (C=O) groups excluding carboxylic acids is 2. The zero-order chi connectivity index (χ0) is 17.8. The lowest BCUT2D eigenvalue weighted by Gasteiger charge is -2.32. The van der Waals surface area contributed by atoms with Crippen LogP contribution in [0.2, 0.25) is 0 Å². The predicted molar refractivity (Wildman–Crippen MR) is 98.5 cm³/mol. The van der Waals surface area contributed by atoms with E-state index in [1.54, 1.807) is 6.20 Å². The van der Waals surface area contributed by atoms with E-state index in [-0.39, 0.29) is 23.7 Å². The van der Waals surface area contributed by atoms with Gasteiger partial charge in [-0.2, -0.15) is 0 Å². The van der Waals surface area contributed by atoms with Gasteiger partial charge in [0.2, 0.25) is 11.8 Å². The number of anilines is 2. The van der Waals surface area contributed by atoms with Gasteiger partial charge in [-0.25, -0.2) is 4.98 Å². The first-order chi connectivity index (χ1) is 12.0. The minimum Gasteiger partial charge on any atom is -0.357 e. The van der Waals surface area contributed by atoms with Crippen LogP contribution >= 0.6 is 0 Å². The molecule has 3 heterocycles. The molecule has 2 saturated heterocycles. The Labute approximate surface area is 149 Å².